The van der Waals surface area contributed by atoms with Gasteiger partial charge in [0.2, 0.25) is 0 Å². The molecule has 3 rings (SSSR count). The Balaban J connectivity index is 1.95. The summed E-state index contributed by atoms with van der Waals surface area (Å²) in [5, 5.41) is 21.9. The Kier molecular flexibility index (Phi) is 4.25. The molecule has 0 bridgehead atoms. The molecule has 0 saturated carbocycles. The first-order valence-electron chi connectivity index (χ1n) is 7.51. The van der Waals surface area contributed by atoms with Crippen molar-refractivity contribution in [2.45, 2.75) is 6.92 Å². The summed E-state index contributed by atoms with van der Waals surface area (Å²) in [7, 11) is 0. The largest absolute Gasteiger partial charge is 0.545 e. The number of rotatable bonds is 3. The van der Waals surface area contributed by atoms with Gasteiger partial charge in [0, 0.05) is 11.1 Å². The molecule has 0 atom stereocenters. The topological polar surface area (TPSA) is 123 Å². The quantitative estimate of drug-likeness (QED) is 0.657. The maximum atomic E-state index is 12.0. The summed E-state index contributed by atoms with van der Waals surface area (Å²) < 4.78 is 5.66. The lowest BCUT2D eigenvalue weighted by atomic mass is 9.96. The molecule has 2 heterocycles. The van der Waals surface area contributed by atoms with Crippen LogP contribution in [0.5, 0.6) is 0 Å². The molecule has 0 saturated heterocycles. The van der Waals surface area contributed by atoms with E-state index in [0.29, 0.717) is 17.1 Å². The number of nitriles is 1. The third kappa shape index (κ3) is 3.03. The monoisotopic (exact) mass is 347 g/mol. The average Bonchev–Trinajstić information content (AvgIpc) is 3.07. The Morgan fingerprint density at radius 2 is 1.85 bits per heavy atom. The van der Waals surface area contributed by atoms with Crippen molar-refractivity contribution in [1.82, 2.24) is 5.32 Å². The molecule has 26 heavy (non-hydrogen) atoms. The zero-order chi connectivity index (χ0) is 18.8. The van der Waals surface area contributed by atoms with Crippen molar-refractivity contribution >= 4 is 23.9 Å². The highest BCUT2D eigenvalue weighted by molar-refractivity contribution is 6.19. The first-order chi connectivity index (χ1) is 12.4. The molecule has 1 aliphatic heterocycles. The molecule has 2 aromatic rings. The number of benzene rings is 1. The van der Waals surface area contributed by atoms with Crippen LogP contribution in [-0.4, -0.2) is 17.8 Å². The van der Waals surface area contributed by atoms with Crippen LogP contribution < -0.4 is 10.4 Å². The molecule has 1 aromatic carbocycles. The fourth-order valence-corrected chi connectivity index (χ4v) is 2.52. The molecule has 0 fully saturated rings. The van der Waals surface area contributed by atoms with Crippen LogP contribution in [0, 0.1) is 11.3 Å². The number of amides is 2. The third-order valence-corrected chi connectivity index (χ3v) is 3.91. The van der Waals surface area contributed by atoms with Crippen molar-refractivity contribution in [2.24, 2.45) is 0 Å². The number of furan rings is 1. The fourth-order valence-electron chi connectivity index (χ4n) is 2.52. The summed E-state index contributed by atoms with van der Waals surface area (Å²) in [6, 6.07) is 11.0. The number of nitrogens with one attached hydrogen (secondary N) is 1. The molecule has 1 aliphatic rings. The molecule has 1 N–H and O–H groups in total. The number of nitrogens with zero attached hydrogens (tertiary/aromatic N) is 1. The molecule has 0 unspecified atom stereocenters. The maximum Gasteiger partial charge on any atom is 0.269 e. The van der Waals surface area contributed by atoms with Crippen LogP contribution in [-0.2, 0) is 9.59 Å². The lowest BCUT2D eigenvalue weighted by Gasteiger charge is -2.15. The van der Waals surface area contributed by atoms with Crippen LogP contribution in [0.15, 0.2) is 57.5 Å². The third-order valence-electron chi connectivity index (χ3n) is 3.91. The van der Waals surface area contributed by atoms with Gasteiger partial charge in [-0.2, -0.15) is 5.26 Å². The van der Waals surface area contributed by atoms with Crippen LogP contribution in [0.2, 0.25) is 0 Å². The Labute approximate surface area is 147 Å². The number of hydrogen-bond donors (Lipinski definition) is 1. The zero-order valence-electron chi connectivity index (χ0n) is 13.5. The second-order valence-electron chi connectivity index (χ2n) is 5.52. The summed E-state index contributed by atoms with van der Waals surface area (Å²) in [6.45, 7) is 1.52. The molecule has 0 spiro atoms. The Morgan fingerprint density at radius 1 is 1.15 bits per heavy atom. The first-order valence-corrected chi connectivity index (χ1v) is 7.51. The minimum atomic E-state index is -1.27. The molecule has 7 heteroatoms. The van der Waals surface area contributed by atoms with E-state index in [9.17, 15) is 19.5 Å². The van der Waals surface area contributed by atoms with E-state index in [4.69, 9.17) is 9.68 Å². The van der Waals surface area contributed by atoms with E-state index in [2.05, 4.69) is 5.32 Å². The normalized spacial score (nSPS) is 15.8. The van der Waals surface area contributed by atoms with Crippen molar-refractivity contribution in [3.63, 3.8) is 0 Å². The predicted octanol–water partition coefficient (Wildman–Crippen LogP) is 1.19. The number of carboxylic acid groups (broad SMARTS) is 1. The number of carbonyl (C=O) groups is 3. The molecule has 2 amide bonds. The number of hydrogen-bond acceptors (Lipinski definition) is 6. The van der Waals surface area contributed by atoms with Crippen LogP contribution in [0.1, 0.15) is 23.0 Å². The summed E-state index contributed by atoms with van der Waals surface area (Å²) >= 11 is 0. The Hall–Kier alpha value is -3.92. The summed E-state index contributed by atoms with van der Waals surface area (Å²) in [5.74, 6) is -1.78. The van der Waals surface area contributed by atoms with Gasteiger partial charge in [-0.25, -0.2) is 0 Å². The summed E-state index contributed by atoms with van der Waals surface area (Å²) in [6.07, 6.45) is 1.44. The van der Waals surface area contributed by atoms with E-state index in [1.54, 1.807) is 30.3 Å². The maximum absolute atomic E-state index is 12.0. The van der Waals surface area contributed by atoms with Crippen molar-refractivity contribution in [2.75, 3.05) is 0 Å². The molecule has 1 aromatic heterocycles. The minimum Gasteiger partial charge on any atom is -0.545 e. The van der Waals surface area contributed by atoms with E-state index in [0.717, 1.165) is 0 Å². The van der Waals surface area contributed by atoms with Crippen LogP contribution in [0.4, 0.5) is 0 Å². The molecular weight excluding hydrogens is 336 g/mol. The fraction of sp³-hybridized carbons (Fsp3) is 0.0526. The number of aromatic carboxylic acids is 1. The second-order valence-corrected chi connectivity index (χ2v) is 5.52. The van der Waals surface area contributed by atoms with Gasteiger partial charge < -0.3 is 14.3 Å². The SMILES string of the molecule is CC1=C(C#N)C(=O)NC(=O)C1=Cc1ccc(-c2ccc(C(=O)[O-])cc2)o1. The van der Waals surface area contributed by atoms with E-state index < -0.39 is 17.8 Å². The molecule has 0 radical (unpaired) electrons. The van der Waals surface area contributed by atoms with Crippen LogP contribution in [0.25, 0.3) is 17.4 Å². The van der Waals surface area contributed by atoms with Crippen molar-refractivity contribution in [3.8, 4) is 17.4 Å². The number of carboxylic acids is 1. The highest BCUT2D eigenvalue weighted by atomic mass is 16.4. The van der Waals surface area contributed by atoms with Gasteiger partial charge in [0.15, 0.2) is 0 Å². The Bertz CT molecular complexity index is 1030. The van der Waals surface area contributed by atoms with E-state index in [1.165, 1.54) is 25.1 Å². The van der Waals surface area contributed by atoms with Crippen LogP contribution in [0.3, 0.4) is 0 Å². The zero-order valence-corrected chi connectivity index (χ0v) is 13.5. The second kappa shape index (κ2) is 6.53. The van der Waals surface area contributed by atoms with Crippen LogP contribution >= 0.6 is 0 Å². The first kappa shape index (κ1) is 16.9. The van der Waals surface area contributed by atoms with Gasteiger partial charge in [-0.05, 0) is 36.3 Å². The van der Waals surface area contributed by atoms with Gasteiger partial charge in [-0.1, -0.05) is 24.3 Å². The number of carbonyl (C=O) groups excluding carboxylic acids is 3. The van der Waals surface area contributed by atoms with Gasteiger partial charge in [0.25, 0.3) is 11.8 Å². The van der Waals surface area contributed by atoms with Gasteiger partial charge >= 0.3 is 0 Å². The smallest absolute Gasteiger partial charge is 0.269 e. The highest BCUT2D eigenvalue weighted by Crippen LogP contribution is 2.26. The van der Waals surface area contributed by atoms with Crippen molar-refractivity contribution < 1.29 is 23.9 Å². The lowest BCUT2D eigenvalue weighted by Crippen LogP contribution is -2.37. The highest BCUT2D eigenvalue weighted by Gasteiger charge is 2.27. The predicted molar refractivity (Wildman–Crippen MR) is 87.9 cm³/mol. The van der Waals surface area contributed by atoms with E-state index in [-0.39, 0.29) is 22.3 Å². The molecular formula is C19H11N2O5-. The lowest BCUT2D eigenvalue weighted by molar-refractivity contribution is -0.255. The number of imide groups is 1. The van der Waals surface area contributed by atoms with Crippen molar-refractivity contribution in [3.05, 3.63) is 64.4 Å². The van der Waals surface area contributed by atoms with E-state index >= 15 is 0 Å². The average molecular weight is 347 g/mol. The van der Waals surface area contributed by atoms with E-state index in [1.807, 2.05) is 0 Å². The Morgan fingerprint density at radius 3 is 2.46 bits per heavy atom. The molecule has 7 nitrogen and oxygen atoms in total. The van der Waals surface area contributed by atoms with Gasteiger partial charge in [0.05, 0.1) is 5.97 Å². The van der Waals surface area contributed by atoms with Gasteiger partial charge in [0.1, 0.15) is 23.2 Å². The molecule has 0 aliphatic carbocycles. The summed E-state index contributed by atoms with van der Waals surface area (Å²) in [5.41, 5.74) is 1.01. The molecule has 128 valence electrons. The standard InChI is InChI=1S/C19H12N2O5/c1-10-14(17(22)21-18(23)15(10)9-20)8-13-6-7-16(26-13)11-2-4-12(5-3-11)19(24)25/h2-8H,1H3,(H,24,25)(H,21,22,23)/p-1. The van der Waals surface area contributed by atoms with Gasteiger partial charge in [-0.3, -0.25) is 14.9 Å². The van der Waals surface area contributed by atoms with Crippen molar-refractivity contribution in [1.29, 1.82) is 5.26 Å². The van der Waals surface area contributed by atoms with Gasteiger partial charge in [-0.15, -0.1) is 0 Å². The minimum absolute atomic E-state index is 0.0518. The summed E-state index contributed by atoms with van der Waals surface area (Å²) in [4.78, 5) is 34.4.